The summed E-state index contributed by atoms with van der Waals surface area (Å²) < 4.78 is 153. The van der Waals surface area contributed by atoms with E-state index in [-0.39, 0.29) is 11.8 Å². The first kappa shape index (κ1) is 33.5. The van der Waals surface area contributed by atoms with E-state index >= 15 is 0 Å². The Morgan fingerprint density at radius 3 is 1.98 bits per heavy atom. The molecule has 0 amide bonds. The monoisotopic (exact) mass is 654 g/mol. The third-order valence-corrected chi connectivity index (χ3v) is 8.74. The van der Waals surface area contributed by atoms with Crippen molar-refractivity contribution >= 4 is 10.1 Å². The maximum atomic E-state index is 14.1. The van der Waals surface area contributed by atoms with Gasteiger partial charge in [0.15, 0.2) is 0 Å². The Labute approximate surface area is 247 Å². The van der Waals surface area contributed by atoms with Gasteiger partial charge in [0.05, 0.1) is 6.61 Å². The van der Waals surface area contributed by atoms with Gasteiger partial charge in [-0.05, 0) is 71.7 Å². The van der Waals surface area contributed by atoms with Crippen LogP contribution in [0.1, 0.15) is 60.3 Å². The van der Waals surface area contributed by atoms with Gasteiger partial charge >= 0.3 is 33.4 Å². The second-order valence-electron chi connectivity index (χ2n) is 10.4. The molecule has 14 heteroatoms. The van der Waals surface area contributed by atoms with Gasteiger partial charge in [-0.2, -0.15) is 47.9 Å². The van der Waals surface area contributed by atoms with Gasteiger partial charge in [-0.1, -0.05) is 61.9 Å². The first-order valence-corrected chi connectivity index (χ1v) is 14.9. The summed E-state index contributed by atoms with van der Waals surface area (Å²) in [5.41, 5.74) is 3.40. The van der Waals surface area contributed by atoms with Crippen LogP contribution in [0.25, 0.3) is 0 Å². The van der Waals surface area contributed by atoms with Gasteiger partial charge in [-0.25, -0.2) is 0 Å². The predicted molar refractivity (Wildman–Crippen MR) is 143 cm³/mol. The van der Waals surface area contributed by atoms with Gasteiger partial charge in [-0.3, -0.25) is 0 Å². The highest BCUT2D eigenvalue weighted by atomic mass is 32.2. The zero-order valence-electron chi connectivity index (χ0n) is 23.1. The van der Waals surface area contributed by atoms with E-state index in [1.54, 1.807) is 6.07 Å². The third-order valence-electron chi connectivity index (χ3n) is 7.45. The lowest BCUT2D eigenvalue weighted by molar-refractivity contribution is -0.382. The minimum Gasteiger partial charge on any atom is -0.494 e. The Morgan fingerprint density at radius 1 is 0.773 bits per heavy atom. The molecule has 0 saturated carbocycles. The molecule has 0 fully saturated rings. The molecule has 44 heavy (non-hydrogen) atoms. The largest absolute Gasteiger partial charge is 0.494 e. The Hall–Kier alpha value is -3.42. The standard InChI is InChI=1S/C30H27F9O4S/c1-2-3-17-42-23-14-16-25-21(18-23)11-15-24(19-7-5-4-6-8-19)26(25)20-9-12-22(13-10-20)43-44(40,41)30(38,39)28(33,34)27(31,32)29(35,36)37/h4-10,12-14,16,18,24,26H,2-3,11,15,17H2,1H3/t24-,26+/m1/s1. The van der Waals surface area contributed by atoms with Crippen LogP contribution < -0.4 is 8.92 Å². The molecule has 0 aliphatic heterocycles. The fourth-order valence-electron chi connectivity index (χ4n) is 5.12. The highest BCUT2D eigenvalue weighted by molar-refractivity contribution is 7.88. The molecule has 2 atom stereocenters. The minimum atomic E-state index is -7.38. The van der Waals surface area contributed by atoms with E-state index in [1.165, 1.54) is 12.1 Å². The summed E-state index contributed by atoms with van der Waals surface area (Å²) in [6.07, 6.45) is -3.98. The Balaban J connectivity index is 1.66. The van der Waals surface area contributed by atoms with Gasteiger partial charge in [0, 0.05) is 5.92 Å². The molecule has 3 aromatic rings. The number of alkyl halides is 9. The van der Waals surface area contributed by atoms with E-state index in [0.29, 0.717) is 30.8 Å². The van der Waals surface area contributed by atoms with Crippen LogP contribution in [0.15, 0.2) is 72.8 Å². The zero-order chi connectivity index (χ0) is 32.6. The minimum absolute atomic E-state index is 0.0984. The summed E-state index contributed by atoms with van der Waals surface area (Å²) in [7, 11) is -7.05. The van der Waals surface area contributed by atoms with Crippen LogP contribution in [0, 0.1) is 0 Å². The molecule has 4 nitrogen and oxygen atoms in total. The van der Waals surface area contributed by atoms with Gasteiger partial charge in [0.1, 0.15) is 11.5 Å². The average Bonchev–Trinajstić information content (AvgIpc) is 2.96. The van der Waals surface area contributed by atoms with Crippen LogP contribution in [0.5, 0.6) is 11.5 Å². The highest BCUT2D eigenvalue weighted by Gasteiger charge is 2.86. The molecular weight excluding hydrogens is 627 g/mol. The third kappa shape index (κ3) is 6.09. The lowest BCUT2D eigenvalue weighted by Crippen LogP contribution is -2.63. The number of rotatable bonds is 11. The molecule has 0 unspecified atom stereocenters. The molecule has 4 rings (SSSR count). The summed E-state index contributed by atoms with van der Waals surface area (Å²) in [5, 5.41) is -6.95. The maximum absolute atomic E-state index is 14.1. The molecule has 240 valence electrons. The number of benzene rings is 3. The number of hydrogen-bond acceptors (Lipinski definition) is 4. The van der Waals surface area contributed by atoms with Crippen LogP contribution >= 0.6 is 0 Å². The molecule has 0 bridgehead atoms. The summed E-state index contributed by atoms with van der Waals surface area (Å²) in [6.45, 7) is 2.57. The van der Waals surface area contributed by atoms with Crippen molar-refractivity contribution in [1.82, 2.24) is 0 Å². The molecular formula is C30H27F9O4S. The van der Waals surface area contributed by atoms with Crippen molar-refractivity contribution < 1.29 is 56.9 Å². The van der Waals surface area contributed by atoms with Crippen molar-refractivity contribution in [2.45, 2.75) is 67.7 Å². The topological polar surface area (TPSA) is 52.6 Å². The fraction of sp³-hybridized carbons (Fsp3) is 0.400. The molecule has 0 spiro atoms. The van der Waals surface area contributed by atoms with Gasteiger partial charge in [-0.15, -0.1) is 0 Å². The first-order valence-electron chi connectivity index (χ1n) is 13.5. The lowest BCUT2D eigenvalue weighted by Gasteiger charge is -2.35. The van der Waals surface area contributed by atoms with Gasteiger partial charge < -0.3 is 8.92 Å². The van der Waals surface area contributed by atoms with Crippen molar-refractivity contribution in [2.24, 2.45) is 0 Å². The summed E-state index contributed by atoms with van der Waals surface area (Å²) in [5.74, 6) is -15.5. The first-order chi connectivity index (χ1) is 20.4. The zero-order valence-corrected chi connectivity index (χ0v) is 23.9. The molecule has 1 aliphatic carbocycles. The molecule has 0 saturated heterocycles. The van der Waals surface area contributed by atoms with Gasteiger partial charge in [0.2, 0.25) is 0 Å². The van der Waals surface area contributed by atoms with Crippen LogP contribution in [-0.4, -0.2) is 38.3 Å². The summed E-state index contributed by atoms with van der Waals surface area (Å²) in [4.78, 5) is 0. The van der Waals surface area contributed by atoms with E-state index in [2.05, 4.69) is 4.18 Å². The summed E-state index contributed by atoms with van der Waals surface area (Å²) in [6, 6.07) is 19.2. The van der Waals surface area contributed by atoms with Crippen molar-refractivity contribution in [1.29, 1.82) is 0 Å². The summed E-state index contributed by atoms with van der Waals surface area (Å²) >= 11 is 0. The number of halogens is 9. The second kappa shape index (κ2) is 12.2. The normalized spacial score (nSPS) is 18.0. The van der Waals surface area contributed by atoms with E-state index in [4.69, 9.17) is 4.74 Å². The molecule has 0 heterocycles. The SMILES string of the molecule is CCCCOc1ccc2c(c1)CC[C@H](c1ccccc1)[C@@H]2c1ccc(OS(=O)(=O)C(F)(F)C(F)(F)C(F)(F)C(F)(F)F)cc1. The predicted octanol–water partition coefficient (Wildman–Crippen LogP) is 8.86. The quantitative estimate of drug-likeness (QED) is 0.118. The molecule has 3 aromatic carbocycles. The lowest BCUT2D eigenvalue weighted by atomic mass is 9.69. The second-order valence-corrected chi connectivity index (χ2v) is 12.0. The van der Waals surface area contributed by atoms with Gasteiger partial charge in [0.25, 0.3) is 0 Å². The van der Waals surface area contributed by atoms with Crippen LogP contribution in [0.4, 0.5) is 39.5 Å². The number of hydrogen-bond donors (Lipinski definition) is 0. The average molecular weight is 655 g/mol. The Morgan fingerprint density at radius 2 is 1.39 bits per heavy atom. The van der Waals surface area contributed by atoms with Crippen LogP contribution in [-0.2, 0) is 16.5 Å². The highest BCUT2D eigenvalue weighted by Crippen LogP contribution is 2.55. The van der Waals surface area contributed by atoms with Crippen molar-refractivity contribution in [3.63, 3.8) is 0 Å². The van der Waals surface area contributed by atoms with E-state index < -0.39 is 39.1 Å². The number of unbranched alkanes of at least 4 members (excludes halogenated alkanes) is 1. The molecule has 0 radical (unpaired) electrons. The van der Waals surface area contributed by atoms with Crippen LogP contribution in [0.2, 0.25) is 0 Å². The van der Waals surface area contributed by atoms with E-state index in [1.807, 2.05) is 49.4 Å². The van der Waals surface area contributed by atoms with E-state index in [9.17, 15) is 47.9 Å². The Bertz CT molecular complexity index is 1540. The van der Waals surface area contributed by atoms with Crippen molar-refractivity contribution in [2.75, 3.05) is 6.61 Å². The smallest absolute Gasteiger partial charge is 0.460 e. The van der Waals surface area contributed by atoms with E-state index in [0.717, 1.165) is 41.7 Å². The van der Waals surface area contributed by atoms with Crippen molar-refractivity contribution in [3.8, 4) is 11.5 Å². The molecule has 0 N–H and O–H groups in total. The molecule has 0 aromatic heterocycles. The Kier molecular flexibility index (Phi) is 9.26. The number of aryl methyl sites for hydroxylation is 1. The van der Waals surface area contributed by atoms with Crippen molar-refractivity contribution in [3.05, 3.63) is 95.1 Å². The number of fused-ring (bicyclic) bond motifs is 1. The maximum Gasteiger partial charge on any atom is 0.460 e. The van der Waals surface area contributed by atoms with Crippen LogP contribution in [0.3, 0.4) is 0 Å². The number of ether oxygens (including phenoxy) is 1. The molecule has 1 aliphatic rings. The fourth-order valence-corrected chi connectivity index (χ4v) is 6.03.